The van der Waals surface area contributed by atoms with Gasteiger partial charge in [0.05, 0.1) is 17.9 Å². The van der Waals surface area contributed by atoms with E-state index in [1.807, 2.05) is 28.2 Å². The molecule has 1 aliphatic heterocycles. The Morgan fingerprint density at radius 3 is 1.26 bits per heavy atom. The molecular weight excluding hydrogens is 726 g/mol. The summed E-state index contributed by atoms with van der Waals surface area (Å²) in [6.45, 7) is 3.46. The van der Waals surface area contributed by atoms with E-state index in [0.717, 1.165) is 44.3 Å². The molecule has 287 valence electrons. The number of carbonyl (C=O) groups is 3. The number of carbonyl (C=O) groups excluding carboxylic acids is 3. The molecule has 0 atom stereocenters. The van der Waals surface area contributed by atoms with Crippen LogP contribution in [0.4, 0.5) is 11.4 Å². The Bertz CT molecular complexity index is 1780. The van der Waals surface area contributed by atoms with Crippen molar-refractivity contribution in [2.45, 2.75) is 13.1 Å². The molecule has 1 aromatic heterocycles. The summed E-state index contributed by atoms with van der Waals surface area (Å²) in [5, 5.41) is 36.8. The maximum atomic E-state index is 11.6. The van der Waals surface area contributed by atoms with Gasteiger partial charge >= 0.3 is 17.1 Å². The van der Waals surface area contributed by atoms with Crippen LogP contribution in [-0.2, 0) is 44.5 Å². The monoisotopic (exact) mass is 775 g/mol. The first kappa shape index (κ1) is 41.5. The Morgan fingerprint density at radius 2 is 0.906 bits per heavy atom. The Hall–Kier alpha value is -4.30. The van der Waals surface area contributed by atoms with E-state index in [4.69, 9.17) is 0 Å². The number of pyridine rings is 1. The van der Waals surface area contributed by atoms with Crippen LogP contribution in [0.25, 0.3) is 21.8 Å². The molecule has 1 saturated heterocycles. The maximum absolute atomic E-state index is 11.6. The summed E-state index contributed by atoms with van der Waals surface area (Å²) in [7, 11) is 8.18. The molecule has 0 bridgehead atoms. The van der Waals surface area contributed by atoms with Crippen molar-refractivity contribution in [3.05, 3.63) is 77.9 Å². The molecule has 0 N–H and O–H groups in total. The number of nitrogens with zero attached hydrogens (tertiary/aromatic N) is 7. The Balaban J connectivity index is 0.00000627. The van der Waals surface area contributed by atoms with Gasteiger partial charge in [-0.2, -0.15) is 4.57 Å². The van der Waals surface area contributed by atoms with Gasteiger partial charge < -0.3 is 39.5 Å². The average Bonchev–Trinajstić information content (AvgIpc) is 3.08. The first-order valence-electron chi connectivity index (χ1n) is 17.7. The fraction of sp³-hybridized carbons (Fsp3) is 0.436. The van der Waals surface area contributed by atoms with Gasteiger partial charge in [0.15, 0.2) is 6.54 Å². The van der Waals surface area contributed by atoms with E-state index in [2.05, 4.69) is 86.0 Å². The molecule has 4 aromatic rings. The molecule has 2 heterocycles. The number of fused-ring (bicyclic) bond motifs is 2. The summed E-state index contributed by atoms with van der Waals surface area (Å²) < 4.78 is 2.38. The second-order valence-corrected chi connectivity index (χ2v) is 14.0. The van der Waals surface area contributed by atoms with Crippen molar-refractivity contribution in [3.63, 3.8) is 0 Å². The van der Waals surface area contributed by atoms with E-state index in [-0.39, 0.29) is 36.7 Å². The number of carboxylic acid groups (broad SMARTS) is 3. The number of anilines is 2. The molecule has 1 radical (unpaired) electrons. The van der Waals surface area contributed by atoms with E-state index in [9.17, 15) is 29.7 Å². The zero-order valence-electron chi connectivity index (χ0n) is 30.9. The zero-order valence-corrected chi connectivity index (χ0v) is 31.9. The topological polar surface area (TPSA) is 144 Å². The van der Waals surface area contributed by atoms with Crippen molar-refractivity contribution >= 4 is 51.1 Å². The van der Waals surface area contributed by atoms with Crippen LogP contribution < -0.4 is 29.7 Å². The molecule has 0 saturated carbocycles. The number of aliphatic carboxylic acids is 3. The van der Waals surface area contributed by atoms with Crippen molar-refractivity contribution in [2.75, 3.05) is 110 Å². The zero-order chi connectivity index (χ0) is 37.4. The van der Waals surface area contributed by atoms with E-state index in [1.165, 1.54) is 0 Å². The van der Waals surface area contributed by atoms with Gasteiger partial charge in [0.1, 0.15) is 0 Å². The molecule has 0 aliphatic carbocycles. The van der Waals surface area contributed by atoms with Crippen LogP contribution in [0.15, 0.2) is 66.7 Å². The third kappa shape index (κ3) is 11.8. The van der Waals surface area contributed by atoms with E-state index >= 15 is 0 Å². The van der Waals surface area contributed by atoms with Gasteiger partial charge in [-0.25, -0.2) is 0 Å². The normalized spacial score (nSPS) is 15.7. The molecule has 5 rings (SSSR count). The summed E-state index contributed by atoms with van der Waals surface area (Å²) in [6.07, 6.45) is 0. The number of benzene rings is 3. The minimum atomic E-state index is -1.25. The molecular formula is C39H49CuN7O6. The third-order valence-electron chi connectivity index (χ3n) is 9.71. The Morgan fingerprint density at radius 1 is 0.547 bits per heavy atom. The summed E-state index contributed by atoms with van der Waals surface area (Å²) in [6, 6.07) is 23.9. The van der Waals surface area contributed by atoms with Gasteiger partial charge in [0, 0.05) is 147 Å². The standard InChI is InChI=1S/C39H51N7O6.Cu/c1-40(2)33-11-9-31-21-32-10-12-34(41(3)4)23-36(32)46(35(31)22-33)25-30-7-5-29(6-8-30)24-42-13-15-43(26-37(47)48)17-19-45(28-39(51)52)20-18-44(16-14-42)27-38(49)50;/h5-12,21-23H,13-20,24-28H2,1-4H3,(H2-,47,48,49,50,51,52);/q;+2/p-2/i;1+0. The number of carboxylic acids is 3. The van der Waals surface area contributed by atoms with Crippen molar-refractivity contribution in [1.29, 1.82) is 0 Å². The quantitative estimate of drug-likeness (QED) is 0.0933. The van der Waals surface area contributed by atoms with E-state index in [1.54, 1.807) is 14.7 Å². The van der Waals surface area contributed by atoms with Crippen LogP contribution >= 0.6 is 0 Å². The largest absolute Gasteiger partial charge is 2.00 e. The fourth-order valence-corrected chi connectivity index (χ4v) is 6.75. The maximum Gasteiger partial charge on any atom is 2.00 e. The first-order chi connectivity index (χ1) is 24.8. The van der Waals surface area contributed by atoms with Crippen molar-refractivity contribution in [1.82, 2.24) is 19.6 Å². The molecule has 14 heteroatoms. The SMILES string of the molecule is CN(C)c1ccc2cc3ccc(N(C)C)cc3[n+](Cc3ccc(CN4CCN(CC(=O)[O-])CCN(CC(=O)[O-])CCN(CC(=O)[O-])CC4)cc3)c2c1.[64Cu+2]. The van der Waals surface area contributed by atoms with Crippen LogP contribution in [0.3, 0.4) is 0 Å². The summed E-state index contributed by atoms with van der Waals surface area (Å²) in [5.74, 6) is -3.65. The van der Waals surface area contributed by atoms with Crippen molar-refractivity contribution in [2.24, 2.45) is 0 Å². The third-order valence-corrected chi connectivity index (χ3v) is 9.71. The molecule has 1 aliphatic rings. The summed E-state index contributed by atoms with van der Waals surface area (Å²) in [5.41, 5.74) is 6.75. The smallest absolute Gasteiger partial charge is 0.549 e. The van der Waals surface area contributed by atoms with Gasteiger partial charge in [-0.15, -0.1) is 0 Å². The van der Waals surface area contributed by atoms with Gasteiger partial charge in [0.25, 0.3) is 0 Å². The van der Waals surface area contributed by atoms with Crippen LogP contribution in [0.2, 0.25) is 0 Å². The number of rotatable bonds is 12. The minimum Gasteiger partial charge on any atom is -0.549 e. The van der Waals surface area contributed by atoms with E-state index < -0.39 is 17.9 Å². The molecule has 53 heavy (non-hydrogen) atoms. The number of hydrogen-bond acceptors (Lipinski definition) is 12. The average molecular weight is 776 g/mol. The molecule has 1 fully saturated rings. The van der Waals surface area contributed by atoms with E-state index in [0.29, 0.717) is 65.4 Å². The Kier molecular flexibility index (Phi) is 15.0. The van der Waals surface area contributed by atoms with Gasteiger partial charge in [-0.05, 0) is 35.9 Å². The summed E-state index contributed by atoms with van der Waals surface area (Å²) in [4.78, 5) is 46.0. The molecule has 0 amide bonds. The minimum absolute atomic E-state index is 0. The van der Waals surface area contributed by atoms with Gasteiger partial charge in [0.2, 0.25) is 11.0 Å². The summed E-state index contributed by atoms with van der Waals surface area (Å²) >= 11 is 0. The second kappa shape index (κ2) is 19.2. The number of aromatic nitrogens is 1. The fourth-order valence-electron chi connectivity index (χ4n) is 6.75. The second-order valence-electron chi connectivity index (χ2n) is 14.0. The molecule has 13 nitrogen and oxygen atoms in total. The number of hydrogen-bond donors (Lipinski definition) is 0. The van der Waals surface area contributed by atoms with Crippen LogP contribution in [-0.4, -0.2) is 138 Å². The molecule has 0 spiro atoms. The van der Waals surface area contributed by atoms with Crippen LogP contribution in [0.1, 0.15) is 11.1 Å². The predicted octanol–water partition coefficient (Wildman–Crippen LogP) is -1.57. The first-order valence-corrected chi connectivity index (χ1v) is 17.7. The molecule has 0 unspecified atom stereocenters. The van der Waals surface area contributed by atoms with Crippen molar-refractivity contribution < 1.29 is 51.3 Å². The Labute approximate surface area is 322 Å². The van der Waals surface area contributed by atoms with Gasteiger partial charge in [-0.1, -0.05) is 24.3 Å². The van der Waals surface area contributed by atoms with Crippen LogP contribution in [0.5, 0.6) is 0 Å². The van der Waals surface area contributed by atoms with Crippen LogP contribution in [0, 0.1) is 0 Å². The molecule has 3 aromatic carbocycles. The van der Waals surface area contributed by atoms with Crippen molar-refractivity contribution in [3.8, 4) is 0 Å². The predicted molar refractivity (Wildman–Crippen MR) is 195 cm³/mol. The van der Waals surface area contributed by atoms with Gasteiger partial charge in [-0.3, -0.25) is 19.6 Å².